The number of thioether (sulfide) groups is 1. The van der Waals surface area contributed by atoms with E-state index in [-0.39, 0.29) is 0 Å². The first-order valence-corrected chi connectivity index (χ1v) is 9.77. The van der Waals surface area contributed by atoms with E-state index in [0.29, 0.717) is 23.4 Å². The van der Waals surface area contributed by atoms with Crippen LogP contribution in [0.25, 0.3) is 10.8 Å². The molecule has 0 fully saturated rings. The number of aldehydes is 1. The van der Waals surface area contributed by atoms with Crippen molar-refractivity contribution in [2.45, 2.75) is 18.2 Å². The van der Waals surface area contributed by atoms with Gasteiger partial charge in [-0.15, -0.1) is 11.8 Å². The maximum atomic E-state index is 11.3. The van der Waals surface area contributed by atoms with Gasteiger partial charge in [0, 0.05) is 46.2 Å². The number of benzene rings is 3. The molecule has 0 aliphatic rings. The number of nitrogens with zero attached hydrogens (tertiary/aromatic N) is 1. The van der Waals surface area contributed by atoms with Crippen molar-refractivity contribution < 1.29 is 14.4 Å². The fraction of sp³-hybridized carbons (Fsp3) is 0.136. The van der Waals surface area contributed by atoms with E-state index >= 15 is 0 Å². The topological polar surface area (TPSA) is 81.8 Å². The summed E-state index contributed by atoms with van der Waals surface area (Å²) in [5, 5.41) is 6.00. The third-order valence-corrected chi connectivity index (χ3v) is 5.19. The molecule has 0 aromatic heterocycles. The van der Waals surface area contributed by atoms with Crippen LogP contribution in [0.3, 0.4) is 0 Å². The minimum absolute atomic E-state index is 0.464. The number of rotatable bonds is 7. The molecule has 0 aliphatic carbocycles. The summed E-state index contributed by atoms with van der Waals surface area (Å²) in [5.41, 5.74) is 9.01. The number of anilines is 1. The van der Waals surface area contributed by atoms with Crippen molar-refractivity contribution in [3.63, 3.8) is 0 Å². The van der Waals surface area contributed by atoms with Gasteiger partial charge >= 0.3 is 5.97 Å². The minimum atomic E-state index is -0.464. The van der Waals surface area contributed by atoms with Crippen LogP contribution in [0.1, 0.15) is 29.3 Å². The van der Waals surface area contributed by atoms with E-state index in [4.69, 9.17) is 10.6 Å². The average Bonchev–Trinajstić information content (AvgIpc) is 2.72. The smallest absolute Gasteiger partial charge is 0.331 e. The average molecular weight is 392 g/mol. The fourth-order valence-electron chi connectivity index (χ4n) is 2.83. The van der Waals surface area contributed by atoms with Gasteiger partial charge in [-0.3, -0.25) is 4.79 Å². The normalized spacial score (nSPS) is 11.4. The fourth-order valence-corrected chi connectivity index (χ4v) is 3.69. The highest BCUT2D eigenvalue weighted by atomic mass is 32.2. The number of nitrogens with two attached hydrogens (primary N) is 1. The number of nitrogen functional groups attached to an aromatic ring is 1. The number of fused-ring (bicyclic) bond motifs is 1. The zero-order valence-electron chi connectivity index (χ0n) is 15.4. The molecule has 0 aliphatic heterocycles. The van der Waals surface area contributed by atoms with Crippen LogP contribution in [0.4, 0.5) is 5.69 Å². The lowest BCUT2D eigenvalue weighted by Gasteiger charge is -2.11. The molecule has 0 bridgehead atoms. The summed E-state index contributed by atoms with van der Waals surface area (Å²) < 4.78 is 0. The largest absolute Gasteiger partial charge is 0.398 e. The van der Waals surface area contributed by atoms with Crippen LogP contribution in [0.15, 0.2) is 70.7 Å². The van der Waals surface area contributed by atoms with E-state index in [0.717, 1.165) is 33.3 Å². The number of hydrogen-bond acceptors (Lipinski definition) is 6. The molecule has 6 heteroatoms. The molecule has 0 saturated heterocycles. The predicted octanol–water partition coefficient (Wildman–Crippen LogP) is 4.68. The van der Waals surface area contributed by atoms with Crippen LogP contribution in [0.2, 0.25) is 0 Å². The van der Waals surface area contributed by atoms with Crippen LogP contribution in [-0.2, 0) is 9.63 Å². The minimum Gasteiger partial charge on any atom is -0.398 e. The maximum absolute atomic E-state index is 11.3. The zero-order chi connectivity index (χ0) is 19.9. The van der Waals surface area contributed by atoms with E-state index in [1.807, 2.05) is 48.5 Å². The van der Waals surface area contributed by atoms with Gasteiger partial charge in [-0.25, -0.2) is 4.79 Å². The Morgan fingerprint density at radius 3 is 2.46 bits per heavy atom. The number of hydrogen-bond donors (Lipinski definition) is 1. The van der Waals surface area contributed by atoms with E-state index in [1.54, 1.807) is 23.9 Å². The summed E-state index contributed by atoms with van der Waals surface area (Å²) in [4.78, 5) is 28.0. The Morgan fingerprint density at radius 1 is 1.07 bits per heavy atom. The molecule has 3 rings (SSSR count). The third kappa shape index (κ3) is 4.78. The number of carbonyl (C=O) groups excluding carboxylic acids is 2. The second-order valence-corrected chi connectivity index (χ2v) is 7.32. The van der Waals surface area contributed by atoms with Crippen molar-refractivity contribution >= 4 is 46.2 Å². The zero-order valence-corrected chi connectivity index (χ0v) is 16.2. The molecule has 0 heterocycles. The summed E-state index contributed by atoms with van der Waals surface area (Å²) in [6.07, 6.45) is 1.42. The van der Waals surface area contributed by atoms with Crippen LogP contribution < -0.4 is 5.73 Å². The van der Waals surface area contributed by atoms with Crippen molar-refractivity contribution in [3.05, 3.63) is 71.8 Å². The SMILES string of the molecule is CC(=O)O/N=C(\CCSc1ccc(C=O)cc1)c1ccc(N)c2ccccc12. The van der Waals surface area contributed by atoms with Crippen LogP contribution in [0, 0.1) is 0 Å². The molecule has 0 radical (unpaired) electrons. The van der Waals surface area contributed by atoms with Gasteiger partial charge in [0.2, 0.25) is 0 Å². The van der Waals surface area contributed by atoms with Crippen LogP contribution in [-0.4, -0.2) is 23.7 Å². The monoisotopic (exact) mass is 392 g/mol. The van der Waals surface area contributed by atoms with Crippen molar-refractivity contribution in [1.29, 1.82) is 0 Å². The molecule has 3 aromatic rings. The molecular weight excluding hydrogens is 372 g/mol. The molecule has 0 amide bonds. The quantitative estimate of drug-likeness (QED) is 0.158. The summed E-state index contributed by atoms with van der Waals surface area (Å²) in [7, 11) is 0. The molecule has 2 N–H and O–H groups in total. The lowest BCUT2D eigenvalue weighted by molar-refractivity contribution is -0.140. The Kier molecular flexibility index (Phi) is 6.45. The second kappa shape index (κ2) is 9.19. The molecule has 0 unspecified atom stereocenters. The summed E-state index contributed by atoms with van der Waals surface area (Å²) in [6, 6.07) is 19.0. The van der Waals surface area contributed by atoms with Gasteiger partial charge in [0.1, 0.15) is 6.29 Å². The van der Waals surface area contributed by atoms with Gasteiger partial charge in [-0.2, -0.15) is 0 Å². The first-order valence-electron chi connectivity index (χ1n) is 8.78. The first kappa shape index (κ1) is 19.6. The molecule has 28 heavy (non-hydrogen) atoms. The molecule has 0 atom stereocenters. The van der Waals surface area contributed by atoms with Crippen LogP contribution in [0.5, 0.6) is 0 Å². The van der Waals surface area contributed by atoms with Gasteiger partial charge in [-0.05, 0) is 23.6 Å². The van der Waals surface area contributed by atoms with Crippen molar-refractivity contribution in [1.82, 2.24) is 0 Å². The van der Waals surface area contributed by atoms with E-state index in [9.17, 15) is 9.59 Å². The highest BCUT2D eigenvalue weighted by Gasteiger charge is 2.12. The molecule has 0 spiro atoms. The first-order chi connectivity index (χ1) is 13.6. The van der Waals surface area contributed by atoms with Gasteiger partial charge < -0.3 is 10.6 Å². The van der Waals surface area contributed by atoms with Crippen molar-refractivity contribution in [2.24, 2.45) is 5.16 Å². The Bertz CT molecular complexity index is 1030. The van der Waals surface area contributed by atoms with E-state index in [2.05, 4.69) is 5.16 Å². The number of carbonyl (C=O) groups is 2. The third-order valence-electron chi connectivity index (χ3n) is 4.18. The molecule has 142 valence electrons. The van der Waals surface area contributed by atoms with E-state index < -0.39 is 5.97 Å². The Labute approximate surface area is 167 Å². The number of oxime groups is 1. The summed E-state index contributed by atoms with van der Waals surface area (Å²) in [5.74, 6) is 0.272. The van der Waals surface area contributed by atoms with E-state index in [1.165, 1.54) is 6.92 Å². The highest BCUT2D eigenvalue weighted by molar-refractivity contribution is 7.99. The van der Waals surface area contributed by atoms with Gasteiger partial charge in [0.25, 0.3) is 0 Å². The van der Waals surface area contributed by atoms with Crippen molar-refractivity contribution in [2.75, 3.05) is 11.5 Å². The predicted molar refractivity (Wildman–Crippen MR) is 114 cm³/mol. The maximum Gasteiger partial charge on any atom is 0.331 e. The van der Waals surface area contributed by atoms with Gasteiger partial charge in [0.05, 0.1) is 5.71 Å². The molecule has 5 nitrogen and oxygen atoms in total. The summed E-state index contributed by atoms with van der Waals surface area (Å²) in [6.45, 7) is 1.32. The highest BCUT2D eigenvalue weighted by Crippen LogP contribution is 2.27. The van der Waals surface area contributed by atoms with Gasteiger partial charge in [0.15, 0.2) is 0 Å². The summed E-state index contributed by atoms with van der Waals surface area (Å²) >= 11 is 1.64. The molecule has 3 aromatic carbocycles. The standard InChI is InChI=1S/C22H20N2O3S/c1-15(26)27-24-22(12-13-28-17-8-6-16(14-25)7-9-17)20-10-11-21(23)19-5-3-2-4-18(19)20/h2-11,14H,12-13,23H2,1H3/b24-22+. The van der Waals surface area contributed by atoms with Crippen LogP contribution >= 0.6 is 11.8 Å². The van der Waals surface area contributed by atoms with Gasteiger partial charge in [-0.1, -0.05) is 47.6 Å². The van der Waals surface area contributed by atoms with Crippen molar-refractivity contribution in [3.8, 4) is 0 Å². The molecular formula is C22H20N2O3S. The Hall–Kier alpha value is -3.12. The Balaban J connectivity index is 1.83. The second-order valence-electron chi connectivity index (χ2n) is 6.15. The molecule has 0 saturated carbocycles. The lowest BCUT2D eigenvalue weighted by atomic mass is 9.98. The Morgan fingerprint density at radius 2 is 1.79 bits per heavy atom. The lowest BCUT2D eigenvalue weighted by Crippen LogP contribution is -2.07.